The first-order valence-corrected chi connectivity index (χ1v) is 11.5. The van der Waals surface area contributed by atoms with E-state index in [2.05, 4.69) is 21.2 Å². The highest BCUT2D eigenvalue weighted by Gasteiger charge is 2.31. The van der Waals surface area contributed by atoms with E-state index in [4.69, 9.17) is 27.9 Å². The number of hydrogen-bond donors (Lipinski definition) is 1. The number of halogens is 3. The van der Waals surface area contributed by atoms with E-state index >= 15 is 0 Å². The van der Waals surface area contributed by atoms with E-state index in [1.165, 1.54) is 4.90 Å². The molecule has 0 radical (unpaired) electrons. The maximum atomic E-state index is 13.2. The lowest BCUT2D eigenvalue weighted by Gasteiger charge is -2.33. The molecule has 0 aromatic heterocycles. The molecule has 31 heavy (non-hydrogen) atoms. The van der Waals surface area contributed by atoms with Crippen LogP contribution in [0.5, 0.6) is 5.75 Å². The van der Waals surface area contributed by atoms with E-state index in [9.17, 15) is 9.59 Å². The molecule has 2 aromatic rings. The molecular formula is C23H27BrCl2N2O3. The number of benzene rings is 2. The minimum absolute atomic E-state index is 0.161. The van der Waals surface area contributed by atoms with Crippen molar-refractivity contribution in [1.82, 2.24) is 10.2 Å². The molecule has 8 heteroatoms. The molecule has 0 spiro atoms. The zero-order valence-electron chi connectivity index (χ0n) is 18.0. The highest BCUT2D eigenvalue weighted by Crippen LogP contribution is 2.24. The summed E-state index contributed by atoms with van der Waals surface area (Å²) in [4.78, 5) is 27.7. The van der Waals surface area contributed by atoms with Crippen molar-refractivity contribution in [3.63, 3.8) is 0 Å². The van der Waals surface area contributed by atoms with Crippen LogP contribution in [0.4, 0.5) is 0 Å². The van der Waals surface area contributed by atoms with Crippen LogP contribution in [-0.2, 0) is 16.1 Å². The number of nitrogens with one attached hydrogen (secondary N) is 1. The maximum absolute atomic E-state index is 13.2. The van der Waals surface area contributed by atoms with E-state index in [0.29, 0.717) is 27.8 Å². The predicted molar refractivity (Wildman–Crippen MR) is 129 cm³/mol. The zero-order chi connectivity index (χ0) is 23.2. The van der Waals surface area contributed by atoms with Crippen LogP contribution in [0.1, 0.15) is 39.7 Å². The molecule has 2 rings (SSSR count). The fourth-order valence-corrected chi connectivity index (χ4v) is 3.70. The summed E-state index contributed by atoms with van der Waals surface area (Å²) >= 11 is 15.7. The van der Waals surface area contributed by atoms with E-state index in [0.717, 1.165) is 4.47 Å². The van der Waals surface area contributed by atoms with Gasteiger partial charge in [-0.05, 0) is 69.2 Å². The van der Waals surface area contributed by atoms with Crippen molar-refractivity contribution >= 4 is 50.9 Å². The lowest BCUT2D eigenvalue weighted by Crippen LogP contribution is -2.54. The van der Waals surface area contributed by atoms with Gasteiger partial charge in [-0.1, -0.05) is 52.1 Å². The Kier molecular flexibility index (Phi) is 9.22. The molecule has 0 aliphatic carbocycles. The standard InChI is InChI=1S/C23H27BrCl2N2O3/c1-5-20(22(30)27-23(2,3)4)28(13-15-6-9-17(25)12-19(15)26)21(29)14-31-18-10-7-16(24)8-11-18/h6-12,20H,5,13-14H2,1-4H3,(H,27,30). The van der Waals surface area contributed by atoms with Gasteiger partial charge in [-0.25, -0.2) is 0 Å². The Labute approximate surface area is 202 Å². The summed E-state index contributed by atoms with van der Waals surface area (Å²) in [6.07, 6.45) is 0.442. The third-order valence-electron chi connectivity index (χ3n) is 4.42. The summed E-state index contributed by atoms with van der Waals surface area (Å²) in [5.74, 6) is 0.0233. The van der Waals surface area contributed by atoms with Crippen LogP contribution < -0.4 is 10.1 Å². The number of ether oxygens (including phenoxy) is 1. The number of carbonyl (C=O) groups is 2. The molecule has 2 amide bonds. The van der Waals surface area contributed by atoms with E-state index < -0.39 is 11.6 Å². The van der Waals surface area contributed by atoms with Crippen LogP contribution >= 0.6 is 39.1 Å². The molecule has 0 bridgehead atoms. The Morgan fingerprint density at radius 2 is 1.77 bits per heavy atom. The van der Waals surface area contributed by atoms with Gasteiger partial charge in [-0.15, -0.1) is 0 Å². The van der Waals surface area contributed by atoms with Gasteiger partial charge in [-0.2, -0.15) is 0 Å². The normalized spacial score (nSPS) is 12.2. The number of nitrogens with zero attached hydrogens (tertiary/aromatic N) is 1. The van der Waals surface area contributed by atoms with Crippen molar-refractivity contribution < 1.29 is 14.3 Å². The van der Waals surface area contributed by atoms with Crippen LogP contribution in [0.25, 0.3) is 0 Å². The smallest absolute Gasteiger partial charge is 0.261 e. The number of hydrogen-bond acceptors (Lipinski definition) is 3. The molecule has 1 N–H and O–H groups in total. The number of amides is 2. The average Bonchev–Trinajstić information content (AvgIpc) is 2.67. The molecule has 0 saturated carbocycles. The summed E-state index contributed by atoms with van der Waals surface area (Å²) in [6.45, 7) is 7.52. The molecule has 168 valence electrons. The van der Waals surface area contributed by atoms with Gasteiger partial charge in [0.2, 0.25) is 5.91 Å². The van der Waals surface area contributed by atoms with Gasteiger partial charge in [0, 0.05) is 26.6 Å². The first-order valence-electron chi connectivity index (χ1n) is 9.94. The van der Waals surface area contributed by atoms with Crippen LogP contribution in [0, 0.1) is 0 Å². The monoisotopic (exact) mass is 528 g/mol. The summed E-state index contributed by atoms with van der Waals surface area (Å²) in [5, 5.41) is 3.90. The third-order valence-corrected chi connectivity index (χ3v) is 5.53. The fourth-order valence-electron chi connectivity index (χ4n) is 2.96. The molecule has 0 saturated heterocycles. The first-order chi connectivity index (χ1) is 14.5. The fraction of sp³-hybridized carbons (Fsp3) is 0.391. The Balaban J connectivity index is 2.27. The predicted octanol–water partition coefficient (Wildman–Crippen LogP) is 5.86. The van der Waals surface area contributed by atoms with E-state index in [1.54, 1.807) is 30.3 Å². The average molecular weight is 530 g/mol. The van der Waals surface area contributed by atoms with Gasteiger partial charge in [0.05, 0.1) is 0 Å². The largest absolute Gasteiger partial charge is 0.484 e. The topological polar surface area (TPSA) is 58.6 Å². The van der Waals surface area contributed by atoms with E-state index in [1.807, 2.05) is 39.8 Å². The molecular weight excluding hydrogens is 503 g/mol. The van der Waals surface area contributed by atoms with Crippen molar-refractivity contribution in [2.24, 2.45) is 0 Å². The summed E-state index contributed by atoms with van der Waals surface area (Å²) in [6, 6.07) is 11.6. The van der Waals surface area contributed by atoms with Crippen molar-refractivity contribution in [2.75, 3.05) is 6.61 Å². The highest BCUT2D eigenvalue weighted by molar-refractivity contribution is 9.10. The van der Waals surface area contributed by atoms with Gasteiger partial charge in [0.15, 0.2) is 6.61 Å². The van der Waals surface area contributed by atoms with Crippen molar-refractivity contribution in [3.05, 3.63) is 62.5 Å². The molecule has 5 nitrogen and oxygen atoms in total. The Bertz CT molecular complexity index is 914. The second-order valence-corrected chi connectivity index (χ2v) is 9.92. The maximum Gasteiger partial charge on any atom is 0.261 e. The van der Waals surface area contributed by atoms with Crippen LogP contribution in [0.15, 0.2) is 46.9 Å². The lowest BCUT2D eigenvalue weighted by molar-refractivity contribution is -0.143. The number of rotatable bonds is 8. The summed E-state index contributed by atoms with van der Waals surface area (Å²) < 4.78 is 6.58. The Hall–Kier alpha value is -1.76. The first kappa shape index (κ1) is 25.5. The summed E-state index contributed by atoms with van der Waals surface area (Å²) in [5.41, 5.74) is 0.274. The zero-order valence-corrected chi connectivity index (χ0v) is 21.1. The molecule has 0 aliphatic rings. The second kappa shape index (κ2) is 11.2. The summed E-state index contributed by atoms with van der Waals surface area (Å²) in [7, 11) is 0. The van der Waals surface area contributed by atoms with Crippen LogP contribution in [0.3, 0.4) is 0 Å². The quantitative estimate of drug-likeness (QED) is 0.466. The van der Waals surface area contributed by atoms with Crippen LogP contribution in [-0.4, -0.2) is 34.9 Å². The van der Waals surface area contributed by atoms with E-state index in [-0.39, 0.29) is 25.0 Å². The third kappa shape index (κ3) is 8.02. The minimum atomic E-state index is -0.674. The molecule has 0 heterocycles. The highest BCUT2D eigenvalue weighted by atomic mass is 79.9. The van der Waals surface area contributed by atoms with Gasteiger partial charge in [-0.3, -0.25) is 9.59 Å². The molecule has 2 aromatic carbocycles. The Morgan fingerprint density at radius 1 is 1.13 bits per heavy atom. The van der Waals surface area contributed by atoms with Gasteiger partial charge >= 0.3 is 0 Å². The van der Waals surface area contributed by atoms with Gasteiger partial charge in [0.25, 0.3) is 5.91 Å². The molecule has 1 unspecified atom stereocenters. The van der Waals surface area contributed by atoms with Gasteiger partial charge < -0.3 is 15.0 Å². The SMILES string of the molecule is CCC(C(=O)NC(C)(C)C)N(Cc1ccc(Cl)cc1Cl)C(=O)COc1ccc(Br)cc1. The lowest BCUT2D eigenvalue weighted by atomic mass is 10.1. The molecule has 0 aliphatic heterocycles. The number of carbonyl (C=O) groups excluding carboxylic acids is 2. The van der Waals surface area contributed by atoms with Crippen molar-refractivity contribution in [1.29, 1.82) is 0 Å². The Morgan fingerprint density at radius 3 is 2.32 bits per heavy atom. The van der Waals surface area contributed by atoms with Crippen molar-refractivity contribution in [3.8, 4) is 5.75 Å². The minimum Gasteiger partial charge on any atom is -0.484 e. The van der Waals surface area contributed by atoms with Crippen molar-refractivity contribution in [2.45, 2.75) is 52.2 Å². The molecule has 0 fully saturated rings. The molecule has 1 atom stereocenters. The van der Waals surface area contributed by atoms with Gasteiger partial charge in [0.1, 0.15) is 11.8 Å². The second-order valence-electron chi connectivity index (χ2n) is 8.16. The van der Waals surface area contributed by atoms with Crippen LogP contribution in [0.2, 0.25) is 10.0 Å².